The number of rotatable bonds is 7. The van der Waals surface area contributed by atoms with Crippen molar-refractivity contribution >= 4 is 11.8 Å². The zero-order chi connectivity index (χ0) is 21.3. The molecule has 5 heteroatoms. The number of carbonyl (C=O) groups is 2. The standard InChI is InChI=1S/C25H29NO4/c1-4-26-24(27)19-12-11-18-20(29-3)13-14-21(22(18)23(19)25(26)28)30-15-5-6-17-9-7-16(2)8-10-17/h7-10,13-14,19,23H,4-6,11-12,15H2,1-3H3. The number of hydrogen-bond donors (Lipinski definition) is 0. The van der Waals surface area contributed by atoms with Gasteiger partial charge in [-0.3, -0.25) is 14.5 Å². The maximum Gasteiger partial charge on any atom is 0.237 e. The summed E-state index contributed by atoms with van der Waals surface area (Å²) >= 11 is 0. The number of methoxy groups -OCH3 is 1. The molecule has 2 amide bonds. The van der Waals surface area contributed by atoms with Gasteiger partial charge in [-0.05, 0) is 57.2 Å². The topological polar surface area (TPSA) is 55.8 Å². The van der Waals surface area contributed by atoms with E-state index in [0.29, 0.717) is 25.3 Å². The van der Waals surface area contributed by atoms with Crippen LogP contribution >= 0.6 is 0 Å². The van der Waals surface area contributed by atoms with Gasteiger partial charge in [0.2, 0.25) is 11.8 Å². The molecule has 2 atom stereocenters. The van der Waals surface area contributed by atoms with Crippen LogP contribution in [0.5, 0.6) is 11.5 Å². The minimum atomic E-state index is -0.455. The fraction of sp³-hybridized carbons (Fsp3) is 0.440. The second-order valence-electron chi connectivity index (χ2n) is 8.14. The van der Waals surface area contributed by atoms with Crippen molar-refractivity contribution < 1.29 is 19.1 Å². The van der Waals surface area contributed by atoms with E-state index in [4.69, 9.17) is 9.47 Å². The van der Waals surface area contributed by atoms with Gasteiger partial charge in [0.05, 0.1) is 25.6 Å². The highest BCUT2D eigenvalue weighted by atomic mass is 16.5. The molecule has 2 aromatic carbocycles. The van der Waals surface area contributed by atoms with E-state index in [1.54, 1.807) is 7.11 Å². The Balaban J connectivity index is 1.55. The van der Waals surface area contributed by atoms with E-state index in [-0.39, 0.29) is 17.7 Å². The van der Waals surface area contributed by atoms with Crippen molar-refractivity contribution in [1.29, 1.82) is 0 Å². The SMILES string of the molecule is CCN1C(=O)C2CCc3c(OC)ccc(OCCCc4ccc(C)cc4)c3C2C1=O. The van der Waals surface area contributed by atoms with Gasteiger partial charge >= 0.3 is 0 Å². The summed E-state index contributed by atoms with van der Waals surface area (Å²) in [5.41, 5.74) is 4.41. The summed E-state index contributed by atoms with van der Waals surface area (Å²) in [4.78, 5) is 27.2. The lowest BCUT2D eigenvalue weighted by Gasteiger charge is -2.28. The van der Waals surface area contributed by atoms with Crippen molar-refractivity contribution in [3.05, 3.63) is 58.7 Å². The summed E-state index contributed by atoms with van der Waals surface area (Å²) in [5, 5.41) is 0. The lowest BCUT2D eigenvalue weighted by Crippen LogP contribution is -2.30. The summed E-state index contributed by atoms with van der Waals surface area (Å²) in [6.45, 7) is 4.91. The van der Waals surface area contributed by atoms with Crippen LogP contribution in [0.2, 0.25) is 0 Å². The van der Waals surface area contributed by atoms with E-state index >= 15 is 0 Å². The number of likely N-dealkylation sites (N-methyl/N-ethyl adjacent to an activating group) is 1. The van der Waals surface area contributed by atoms with Crippen LogP contribution in [0, 0.1) is 12.8 Å². The molecule has 2 aromatic rings. The Morgan fingerprint density at radius 3 is 2.47 bits per heavy atom. The van der Waals surface area contributed by atoms with Gasteiger partial charge < -0.3 is 9.47 Å². The fourth-order valence-electron chi connectivity index (χ4n) is 4.77. The average molecular weight is 408 g/mol. The van der Waals surface area contributed by atoms with Crippen molar-refractivity contribution in [2.24, 2.45) is 5.92 Å². The maximum atomic E-state index is 13.0. The van der Waals surface area contributed by atoms with E-state index in [1.807, 2.05) is 19.1 Å². The molecule has 0 radical (unpaired) electrons. The van der Waals surface area contributed by atoms with Crippen LogP contribution in [0.4, 0.5) is 0 Å². The minimum absolute atomic E-state index is 0.0497. The second-order valence-corrected chi connectivity index (χ2v) is 8.14. The maximum absolute atomic E-state index is 13.0. The van der Waals surface area contributed by atoms with Gasteiger partial charge in [0, 0.05) is 17.7 Å². The number of imide groups is 1. The lowest BCUT2D eigenvalue weighted by atomic mass is 9.75. The molecule has 1 aliphatic carbocycles. The van der Waals surface area contributed by atoms with E-state index in [9.17, 15) is 9.59 Å². The van der Waals surface area contributed by atoms with Crippen LogP contribution in [0.3, 0.4) is 0 Å². The highest BCUT2D eigenvalue weighted by molar-refractivity contribution is 6.08. The molecule has 1 fully saturated rings. The Morgan fingerprint density at radius 1 is 1.03 bits per heavy atom. The Morgan fingerprint density at radius 2 is 1.77 bits per heavy atom. The number of aryl methyl sites for hydroxylation is 2. The first kappa shape index (κ1) is 20.5. The molecular formula is C25H29NO4. The zero-order valence-electron chi connectivity index (χ0n) is 17.9. The van der Waals surface area contributed by atoms with Crippen molar-refractivity contribution in [2.75, 3.05) is 20.3 Å². The van der Waals surface area contributed by atoms with E-state index in [1.165, 1.54) is 16.0 Å². The van der Waals surface area contributed by atoms with Gasteiger partial charge in [-0.15, -0.1) is 0 Å². The number of hydrogen-bond acceptors (Lipinski definition) is 4. The third-order valence-corrected chi connectivity index (χ3v) is 6.33. The number of benzene rings is 2. The Kier molecular flexibility index (Phi) is 5.80. The molecule has 30 heavy (non-hydrogen) atoms. The molecular weight excluding hydrogens is 378 g/mol. The van der Waals surface area contributed by atoms with Gasteiger partial charge in [-0.1, -0.05) is 29.8 Å². The quantitative estimate of drug-likeness (QED) is 0.513. The first-order valence-corrected chi connectivity index (χ1v) is 10.8. The summed E-state index contributed by atoms with van der Waals surface area (Å²) in [7, 11) is 1.64. The Labute approximate surface area is 178 Å². The molecule has 0 N–H and O–H groups in total. The molecule has 2 aliphatic rings. The van der Waals surface area contributed by atoms with Crippen molar-refractivity contribution in [1.82, 2.24) is 4.90 Å². The number of fused-ring (bicyclic) bond motifs is 3. The summed E-state index contributed by atoms with van der Waals surface area (Å²) < 4.78 is 11.7. The van der Waals surface area contributed by atoms with E-state index in [2.05, 4.69) is 31.2 Å². The molecule has 158 valence electrons. The fourth-order valence-corrected chi connectivity index (χ4v) is 4.77. The monoisotopic (exact) mass is 407 g/mol. The van der Waals surface area contributed by atoms with Crippen LogP contribution in [0.25, 0.3) is 0 Å². The van der Waals surface area contributed by atoms with Gasteiger partial charge in [-0.25, -0.2) is 0 Å². The zero-order valence-corrected chi connectivity index (χ0v) is 17.9. The van der Waals surface area contributed by atoms with Crippen LogP contribution in [-0.4, -0.2) is 37.0 Å². The summed E-state index contributed by atoms with van der Waals surface area (Å²) in [5.74, 6) is 0.585. The molecule has 5 nitrogen and oxygen atoms in total. The smallest absolute Gasteiger partial charge is 0.237 e. The molecule has 1 saturated heterocycles. The molecule has 4 rings (SSSR count). The van der Waals surface area contributed by atoms with E-state index in [0.717, 1.165) is 36.1 Å². The Hall–Kier alpha value is -2.82. The van der Waals surface area contributed by atoms with Crippen LogP contribution in [-0.2, 0) is 22.4 Å². The highest BCUT2D eigenvalue weighted by Gasteiger charge is 2.51. The molecule has 1 heterocycles. The highest BCUT2D eigenvalue weighted by Crippen LogP contribution is 2.49. The summed E-state index contributed by atoms with van der Waals surface area (Å²) in [6.07, 6.45) is 3.21. The normalized spacial score (nSPS) is 20.2. The first-order chi connectivity index (χ1) is 14.5. The lowest BCUT2D eigenvalue weighted by molar-refractivity contribution is -0.139. The number of likely N-dealkylation sites (tertiary alicyclic amines) is 1. The predicted molar refractivity (Wildman–Crippen MR) is 115 cm³/mol. The summed E-state index contributed by atoms with van der Waals surface area (Å²) in [6, 6.07) is 12.3. The minimum Gasteiger partial charge on any atom is -0.496 e. The van der Waals surface area contributed by atoms with Crippen molar-refractivity contribution in [2.45, 2.75) is 45.4 Å². The number of nitrogens with zero attached hydrogens (tertiary/aromatic N) is 1. The van der Waals surface area contributed by atoms with Crippen LogP contribution in [0.1, 0.15) is 47.9 Å². The average Bonchev–Trinajstić information content (AvgIpc) is 3.01. The second kappa shape index (κ2) is 8.50. The molecule has 2 unspecified atom stereocenters. The molecule has 0 spiro atoms. The number of carbonyl (C=O) groups excluding carboxylic acids is 2. The molecule has 1 aliphatic heterocycles. The molecule has 0 saturated carbocycles. The van der Waals surface area contributed by atoms with Gasteiger partial charge in [0.1, 0.15) is 11.5 Å². The third kappa shape index (κ3) is 3.57. The molecule has 0 bridgehead atoms. The Bertz CT molecular complexity index is 950. The number of ether oxygens (including phenoxy) is 2. The van der Waals surface area contributed by atoms with Crippen LogP contribution in [0.15, 0.2) is 36.4 Å². The van der Waals surface area contributed by atoms with Gasteiger partial charge in [0.25, 0.3) is 0 Å². The first-order valence-electron chi connectivity index (χ1n) is 10.8. The van der Waals surface area contributed by atoms with Gasteiger partial charge in [0.15, 0.2) is 0 Å². The largest absolute Gasteiger partial charge is 0.496 e. The van der Waals surface area contributed by atoms with Crippen LogP contribution < -0.4 is 9.47 Å². The van der Waals surface area contributed by atoms with Crippen molar-refractivity contribution in [3.8, 4) is 11.5 Å². The van der Waals surface area contributed by atoms with Crippen molar-refractivity contribution in [3.63, 3.8) is 0 Å². The number of amides is 2. The molecule has 0 aromatic heterocycles. The predicted octanol–water partition coefficient (Wildman–Crippen LogP) is 4.05. The van der Waals surface area contributed by atoms with Gasteiger partial charge in [-0.2, -0.15) is 0 Å². The third-order valence-electron chi connectivity index (χ3n) is 6.33. The van der Waals surface area contributed by atoms with E-state index < -0.39 is 5.92 Å².